The van der Waals surface area contributed by atoms with Crippen LogP contribution in [0.4, 0.5) is 0 Å². The van der Waals surface area contributed by atoms with Gasteiger partial charge in [0.25, 0.3) is 0 Å². The van der Waals surface area contributed by atoms with Gasteiger partial charge >= 0.3 is 0 Å². The normalized spacial score (nSPS) is 36.4. The average Bonchev–Trinajstić information content (AvgIpc) is 2.28. The van der Waals surface area contributed by atoms with E-state index in [-0.39, 0.29) is 11.3 Å². The summed E-state index contributed by atoms with van der Waals surface area (Å²) in [5.41, 5.74) is 1.40. The molecule has 0 N–H and O–H groups in total. The summed E-state index contributed by atoms with van der Waals surface area (Å²) in [7, 11) is 0. The molecule has 1 rings (SSSR count). The molecule has 90 valence electrons. The number of allylic oxidation sites excluding steroid dienone is 2. The molecule has 0 amide bonds. The van der Waals surface area contributed by atoms with Crippen molar-refractivity contribution >= 4 is 6.29 Å². The van der Waals surface area contributed by atoms with Crippen LogP contribution >= 0.6 is 0 Å². The van der Waals surface area contributed by atoms with Gasteiger partial charge in [-0.2, -0.15) is 0 Å². The first kappa shape index (κ1) is 13.2. The molecule has 0 radical (unpaired) electrons. The lowest BCUT2D eigenvalue weighted by atomic mass is 9.60. The lowest BCUT2D eigenvalue weighted by molar-refractivity contribution is -0.112. The molecule has 0 aromatic heterocycles. The molecule has 1 aliphatic carbocycles. The first-order valence-electron chi connectivity index (χ1n) is 6.19. The first-order chi connectivity index (χ1) is 7.44. The number of hydrogen-bond acceptors (Lipinski definition) is 1. The van der Waals surface area contributed by atoms with Crippen molar-refractivity contribution < 1.29 is 4.79 Å². The number of hydrogen-bond donors (Lipinski definition) is 0. The molecule has 1 fully saturated rings. The Kier molecular flexibility index (Phi) is 4.12. The van der Waals surface area contributed by atoms with E-state index in [0.717, 1.165) is 25.5 Å². The Hall–Kier alpha value is -0.850. The van der Waals surface area contributed by atoms with E-state index in [1.165, 1.54) is 5.57 Å². The molecular weight excluding hydrogens is 196 g/mol. The van der Waals surface area contributed by atoms with Crippen LogP contribution < -0.4 is 0 Å². The van der Waals surface area contributed by atoms with Crippen LogP contribution in [0, 0.1) is 23.2 Å². The van der Waals surface area contributed by atoms with Gasteiger partial charge in [-0.05, 0) is 43.4 Å². The van der Waals surface area contributed by atoms with Crippen LogP contribution in [0.3, 0.4) is 0 Å². The second-order valence-electron chi connectivity index (χ2n) is 5.64. The van der Waals surface area contributed by atoms with Crippen LogP contribution in [0.15, 0.2) is 24.8 Å². The molecule has 0 saturated heterocycles. The molecule has 0 aromatic rings. The van der Waals surface area contributed by atoms with E-state index < -0.39 is 0 Å². The standard InChI is InChI=1S/C15H24O/c1-6-15(5)8-7-13(12(4)10-16)9-14(15)11(2)3/h6,10,12-14H,1-2,7-9H2,3-5H3. The molecular formula is C15H24O. The maximum atomic E-state index is 10.9. The van der Waals surface area contributed by atoms with Gasteiger partial charge in [-0.3, -0.25) is 0 Å². The summed E-state index contributed by atoms with van der Waals surface area (Å²) in [6.07, 6.45) is 6.51. The third-order valence-corrected chi connectivity index (χ3v) is 4.41. The minimum atomic E-state index is 0.172. The van der Waals surface area contributed by atoms with Crippen molar-refractivity contribution in [3.8, 4) is 0 Å². The minimum Gasteiger partial charge on any atom is -0.303 e. The van der Waals surface area contributed by atoms with E-state index in [1.807, 2.05) is 6.92 Å². The molecule has 0 aromatic carbocycles. The monoisotopic (exact) mass is 220 g/mol. The molecule has 1 saturated carbocycles. The van der Waals surface area contributed by atoms with Crippen LogP contribution in [-0.4, -0.2) is 6.29 Å². The van der Waals surface area contributed by atoms with Gasteiger partial charge in [-0.25, -0.2) is 0 Å². The Balaban J connectivity index is 2.84. The fraction of sp³-hybridized carbons (Fsp3) is 0.667. The van der Waals surface area contributed by atoms with Crippen molar-refractivity contribution in [2.45, 2.75) is 40.0 Å². The van der Waals surface area contributed by atoms with Gasteiger partial charge in [0, 0.05) is 5.92 Å². The third-order valence-electron chi connectivity index (χ3n) is 4.41. The Bertz CT molecular complexity index is 292. The fourth-order valence-electron chi connectivity index (χ4n) is 2.96. The summed E-state index contributed by atoms with van der Waals surface area (Å²) in [5, 5.41) is 0. The molecule has 0 spiro atoms. The van der Waals surface area contributed by atoms with Gasteiger partial charge in [0.15, 0.2) is 0 Å². The zero-order chi connectivity index (χ0) is 12.3. The Morgan fingerprint density at radius 1 is 1.56 bits per heavy atom. The predicted molar refractivity (Wildman–Crippen MR) is 69.2 cm³/mol. The highest BCUT2D eigenvalue weighted by molar-refractivity contribution is 5.53. The lowest BCUT2D eigenvalue weighted by Crippen LogP contribution is -2.35. The van der Waals surface area contributed by atoms with E-state index in [0.29, 0.717) is 11.8 Å². The minimum absolute atomic E-state index is 0.172. The Morgan fingerprint density at radius 3 is 2.62 bits per heavy atom. The van der Waals surface area contributed by atoms with Crippen LogP contribution in [0.2, 0.25) is 0 Å². The van der Waals surface area contributed by atoms with Crippen LogP contribution in [-0.2, 0) is 4.79 Å². The van der Waals surface area contributed by atoms with Crippen molar-refractivity contribution in [1.82, 2.24) is 0 Å². The molecule has 0 heterocycles. The molecule has 0 bridgehead atoms. The smallest absolute Gasteiger partial charge is 0.123 e. The van der Waals surface area contributed by atoms with Crippen molar-refractivity contribution in [2.24, 2.45) is 23.2 Å². The highest BCUT2D eigenvalue weighted by Gasteiger charge is 2.39. The summed E-state index contributed by atoms with van der Waals surface area (Å²) in [5.74, 6) is 1.18. The van der Waals surface area contributed by atoms with Crippen LogP contribution in [0.1, 0.15) is 40.0 Å². The van der Waals surface area contributed by atoms with Gasteiger partial charge in [0.1, 0.15) is 6.29 Å². The largest absolute Gasteiger partial charge is 0.303 e. The van der Waals surface area contributed by atoms with Gasteiger partial charge in [-0.15, -0.1) is 6.58 Å². The van der Waals surface area contributed by atoms with Gasteiger partial charge < -0.3 is 4.79 Å². The summed E-state index contributed by atoms with van der Waals surface area (Å²) in [6, 6.07) is 0. The fourth-order valence-corrected chi connectivity index (χ4v) is 2.96. The van der Waals surface area contributed by atoms with E-state index >= 15 is 0 Å². The van der Waals surface area contributed by atoms with Gasteiger partial charge in [0.2, 0.25) is 0 Å². The molecule has 4 unspecified atom stereocenters. The maximum Gasteiger partial charge on any atom is 0.123 e. The molecule has 4 atom stereocenters. The molecule has 1 heteroatoms. The van der Waals surface area contributed by atoms with Gasteiger partial charge in [0.05, 0.1) is 0 Å². The average molecular weight is 220 g/mol. The van der Waals surface area contributed by atoms with Crippen molar-refractivity contribution in [3.05, 3.63) is 24.8 Å². The molecule has 16 heavy (non-hydrogen) atoms. The predicted octanol–water partition coefficient (Wildman–Crippen LogP) is 4.01. The number of rotatable bonds is 4. The first-order valence-corrected chi connectivity index (χ1v) is 6.19. The van der Waals surface area contributed by atoms with Crippen LogP contribution in [0.25, 0.3) is 0 Å². The summed E-state index contributed by atoms with van der Waals surface area (Å²) in [6.45, 7) is 14.5. The molecule has 0 aliphatic heterocycles. The summed E-state index contributed by atoms with van der Waals surface area (Å²) < 4.78 is 0. The zero-order valence-electron chi connectivity index (χ0n) is 10.8. The van der Waals surface area contributed by atoms with Crippen molar-refractivity contribution in [3.63, 3.8) is 0 Å². The summed E-state index contributed by atoms with van der Waals surface area (Å²) >= 11 is 0. The van der Waals surface area contributed by atoms with E-state index in [1.54, 1.807) is 0 Å². The second-order valence-corrected chi connectivity index (χ2v) is 5.64. The van der Waals surface area contributed by atoms with E-state index in [4.69, 9.17) is 0 Å². The van der Waals surface area contributed by atoms with Gasteiger partial charge in [-0.1, -0.05) is 32.1 Å². The Morgan fingerprint density at radius 2 is 2.19 bits per heavy atom. The summed E-state index contributed by atoms with van der Waals surface area (Å²) in [4.78, 5) is 10.9. The maximum absolute atomic E-state index is 10.9. The molecule has 1 nitrogen and oxygen atoms in total. The lowest BCUT2D eigenvalue weighted by Gasteiger charge is -2.44. The third kappa shape index (κ3) is 2.45. The van der Waals surface area contributed by atoms with E-state index in [2.05, 4.69) is 33.1 Å². The van der Waals surface area contributed by atoms with Crippen molar-refractivity contribution in [2.75, 3.05) is 0 Å². The molecule has 1 aliphatic rings. The Labute approximate surface area is 99.6 Å². The van der Waals surface area contributed by atoms with E-state index in [9.17, 15) is 4.79 Å². The number of carbonyl (C=O) groups excluding carboxylic acids is 1. The van der Waals surface area contributed by atoms with Crippen LogP contribution in [0.5, 0.6) is 0 Å². The highest BCUT2D eigenvalue weighted by Crippen LogP contribution is 2.48. The SMILES string of the molecule is C=CC1(C)CCC(C(C)C=O)CC1C(=C)C. The van der Waals surface area contributed by atoms with Crippen molar-refractivity contribution in [1.29, 1.82) is 0 Å². The quantitative estimate of drug-likeness (QED) is 0.517. The topological polar surface area (TPSA) is 17.1 Å². The zero-order valence-corrected chi connectivity index (χ0v) is 10.8. The number of aldehydes is 1. The number of carbonyl (C=O) groups is 1. The second kappa shape index (κ2) is 4.99. The highest BCUT2D eigenvalue weighted by atomic mass is 16.1.